The van der Waals surface area contributed by atoms with Gasteiger partial charge in [0.2, 0.25) is 0 Å². The molecular weight excluding hydrogens is 462 g/mol. The predicted molar refractivity (Wildman–Crippen MR) is 100 cm³/mol. The monoisotopic (exact) mass is 469 g/mol. The van der Waals surface area contributed by atoms with Crippen molar-refractivity contribution in [2.24, 2.45) is 0 Å². The molecule has 0 unspecified atom stereocenters. The van der Waals surface area contributed by atoms with Crippen LogP contribution in [0, 0.1) is 20.2 Å². The Labute approximate surface area is 169 Å². The second kappa shape index (κ2) is 7.78. The first-order valence-corrected chi connectivity index (χ1v) is 8.63. The number of hydrogen-bond acceptors (Lipinski definition) is 7. The molecule has 144 valence electrons. The SMILES string of the molecule is O=C(Nc1ccc(Cl)cc1[N+](=O)[O-])c1ccc(Cn2cc(Br)c([N+](=O)[O-])n2)o1. The summed E-state index contributed by atoms with van der Waals surface area (Å²) in [5.74, 6) is -0.843. The molecule has 0 bridgehead atoms. The largest absolute Gasteiger partial charge is 0.454 e. The third-order valence-corrected chi connectivity index (χ3v) is 4.27. The van der Waals surface area contributed by atoms with E-state index in [1.54, 1.807) is 0 Å². The van der Waals surface area contributed by atoms with E-state index in [2.05, 4.69) is 26.3 Å². The number of nitrogens with zero attached hydrogens (tertiary/aromatic N) is 4. The lowest BCUT2D eigenvalue weighted by atomic mass is 10.2. The first kappa shape index (κ1) is 19.5. The third kappa shape index (κ3) is 4.18. The third-order valence-electron chi connectivity index (χ3n) is 3.48. The number of carbonyl (C=O) groups excluding carboxylic acids is 1. The maximum absolute atomic E-state index is 12.3. The predicted octanol–water partition coefficient (Wildman–Crippen LogP) is 4.01. The fourth-order valence-electron chi connectivity index (χ4n) is 2.28. The molecule has 3 rings (SSSR count). The first-order valence-electron chi connectivity index (χ1n) is 7.46. The molecular formula is C15H9BrClN5O6. The highest BCUT2D eigenvalue weighted by Crippen LogP contribution is 2.28. The maximum Gasteiger partial charge on any atom is 0.404 e. The fraction of sp³-hybridized carbons (Fsp3) is 0.0667. The summed E-state index contributed by atoms with van der Waals surface area (Å²) < 4.78 is 6.88. The van der Waals surface area contributed by atoms with Gasteiger partial charge in [0.15, 0.2) is 5.76 Å². The number of nitro groups is 2. The number of carbonyl (C=O) groups is 1. The van der Waals surface area contributed by atoms with Crippen LogP contribution in [-0.2, 0) is 6.54 Å². The zero-order chi connectivity index (χ0) is 20.4. The molecule has 1 aromatic carbocycles. The highest BCUT2D eigenvalue weighted by molar-refractivity contribution is 9.10. The lowest BCUT2D eigenvalue weighted by Gasteiger charge is -2.04. The molecule has 3 aromatic rings. The normalized spacial score (nSPS) is 10.6. The van der Waals surface area contributed by atoms with Crippen LogP contribution in [0.3, 0.4) is 0 Å². The van der Waals surface area contributed by atoms with Gasteiger partial charge in [-0.25, -0.2) is 0 Å². The number of anilines is 1. The molecule has 0 fully saturated rings. The summed E-state index contributed by atoms with van der Waals surface area (Å²) in [5.41, 5.74) is -0.398. The molecule has 1 amide bonds. The van der Waals surface area contributed by atoms with Gasteiger partial charge in [-0.05, 0) is 45.1 Å². The molecule has 13 heteroatoms. The Balaban J connectivity index is 1.75. The smallest absolute Gasteiger partial charge is 0.404 e. The Morgan fingerprint density at radius 1 is 1.25 bits per heavy atom. The summed E-state index contributed by atoms with van der Waals surface area (Å²) in [4.78, 5) is 32.9. The van der Waals surface area contributed by atoms with E-state index in [4.69, 9.17) is 16.0 Å². The molecule has 0 aliphatic carbocycles. The summed E-state index contributed by atoms with van der Waals surface area (Å²) in [7, 11) is 0. The number of hydrogen-bond donors (Lipinski definition) is 1. The Morgan fingerprint density at radius 3 is 2.64 bits per heavy atom. The van der Waals surface area contributed by atoms with Crippen LogP contribution in [0.15, 0.2) is 45.4 Å². The number of aromatic nitrogens is 2. The van der Waals surface area contributed by atoms with Gasteiger partial charge in [0.25, 0.3) is 11.6 Å². The van der Waals surface area contributed by atoms with Crippen LogP contribution in [0.2, 0.25) is 5.02 Å². The van der Waals surface area contributed by atoms with E-state index < -0.39 is 15.8 Å². The van der Waals surface area contributed by atoms with Gasteiger partial charge in [0, 0.05) is 11.1 Å². The number of nitro benzene ring substituents is 1. The van der Waals surface area contributed by atoms with Gasteiger partial charge >= 0.3 is 5.82 Å². The van der Waals surface area contributed by atoms with Gasteiger partial charge in [-0.2, -0.15) is 4.68 Å². The van der Waals surface area contributed by atoms with E-state index in [1.165, 1.54) is 35.1 Å². The molecule has 11 nitrogen and oxygen atoms in total. The van der Waals surface area contributed by atoms with E-state index in [0.29, 0.717) is 5.76 Å². The molecule has 28 heavy (non-hydrogen) atoms. The molecule has 0 aliphatic heterocycles. The highest BCUT2D eigenvalue weighted by Gasteiger charge is 2.21. The number of amides is 1. The van der Waals surface area contributed by atoms with Gasteiger partial charge in [-0.1, -0.05) is 11.6 Å². The van der Waals surface area contributed by atoms with Crippen LogP contribution < -0.4 is 5.32 Å². The molecule has 0 saturated heterocycles. The quantitative estimate of drug-likeness (QED) is 0.423. The van der Waals surface area contributed by atoms with Crippen molar-refractivity contribution >= 4 is 50.6 Å². The molecule has 0 saturated carbocycles. The number of benzene rings is 1. The van der Waals surface area contributed by atoms with Crippen LogP contribution in [-0.4, -0.2) is 25.5 Å². The van der Waals surface area contributed by atoms with Gasteiger partial charge in [-0.3, -0.25) is 14.9 Å². The van der Waals surface area contributed by atoms with Gasteiger partial charge in [-0.15, -0.1) is 0 Å². The van der Waals surface area contributed by atoms with Crippen LogP contribution in [0.25, 0.3) is 0 Å². The zero-order valence-corrected chi connectivity index (χ0v) is 16.0. The van der Waals surface area contributed by atoms with Crippen molar-refractivity contribution in [1.82, 2.24) is 9.78 Å². The summed E-state index contributed by atoms with van der Waals surface area (Å²) in [6, 6.07) is 6.70. The fourth-order valence-corrected chi connectivity index (χ4v) is 2.91. The molecule has 0 aliphatic rings. The van der Waals surface area contributed by atoms with Crippen LogP contribution in [0.5, 0.6) is 0 Å². The van der Waals surface area contributed by atoms with E-state index in [1.807, 2.05) is 0 Å². The minimum absolute atomic E-state index is 0.0380. The summed E-state index contributed by atoms with van der Waals surface area (Å²) in [5, 5.41) is 28.2. The van der Waals surface area contributed by atoms with E-state index in [-0.39, 0.29) is 39.0 Å². The van der Waals surface area contributed by atoms with Crippen molar-refractivity contribution in [1.29, 1.82) is 0 Å². The van der Waals surface area contributed by atoms with E-state index >= 15 is 0 Å². The first-order chi connectivity index (χ1) is 13.2. The molecule has 2 heterocycles. The van der Waals surface area contributed by atoms with Gasteiger partial charge < -0.3 is 19.8 Å². The summed E-state index contributed by atoms with van der Waals surface area (Å²) in [6.07, 6.45) is 1.40. The molecule has 2 aromatic heterocycles. The Bertz CT molecular complexity index is 1090. The van der Waals surface area contributed by atoms with Crippen LogP contribution in [0.4, 0.5) is 17.2 Å². The molecule has 0 atom stereocenters. The minimum Gasteiger partial charge on any atom is -0.454 e. The van der Waals surface area contributed by atoms with Crippen molar-refractivity contribution in [2.45, 2.75) is 6.54 Å². The van der Waals surface area contributed by atoms with Crippen molar-refractivity contribution in [3.05, 3.63) is 77.8 Å². The van der Waals surface area contributed by atoms with Crippen LogP contribution >= 0.6 is 27.5 Å². The standard InChI is InChI=1S/C15H9BrClN5O6/c16-10-7-20(19-14(10)22(26)27)6-9-2-4-13(28-9)15(23)18-11-3-1-8(17)5-12(11)21(24)25/h1-5,7H,6H2,(H,18,23). The second-order valence-electron chi connectivity index (χ2n) is 5.39. The number of furan rings is 1. The van der Waals surface area contributed by atoms with Crippen molar-refractivity contribution in [3.8, 4) is 0 Å². The maximum atomic E-state index is 12.3. The molecule has 0 spiro atoms. The van der Waals surface area contributed by atoms with Crippen LogP contribution in [0.1, 0.15) is 16.3 Å². The van der Waals surface area contributed by atoms with Gasteiger partial charge in [0.1, 0.15) is 22.5 Å². The van der Waals surface area contributed by atoms with E-state index in [0.717, 1.165) is 6.07 Å². The Kier molecular flexibility index (Phi) is 5.42. The Hall–Kier alpha value is -3.25. The number of halogens is 2. The second-order valence-corrected chi connectivity index (χ2v) is 6.68. The van der Waals surface area contributed by atoms with Gasteiger partial charge in [0.05, 0.1) is 16.2 Å². The topological polar surface area (TPSA) is 146 Å². The highest BCUT2D eigenvalue weighted by atomic mass is 79.9. The minimum atomic E-state index is -0.704. The Morgan fingerprint density at radius 2 is 2.00 bits per heavy atom. The lowest BCUT2D eigenvalue weighted by molar-refractivity contribution is -0.390. The van der Waals surface area contributed by atoms with E-state index in [9.17, 15) is 25.0 Å². The molecule has 1 N–H and O–H groups in total. The zero-order valence-electron chi connectivity index (χ0n) is 13.7. The van der Waals surface area contributed by atoms with Crippen molar-refractivity contribution < 1.29 is 19.1 Å². The average Bonchev–Trinajstić information content (AvgIpc) is 3.23. The summed E-state index contributed by atoms with van der Waals surface area (Å²) in [6.45, 7) is 0.0425. The van der Waals surface area contributed by atoms with Crippen molar-refractivity contribution in [2.75, 3.05) is 5.32 Å². The summed E-state index contributed by atoms with van der Waals surface area (Å²) >= 11 is 8.77. The molecule has 0 radical (unpaired) electrons. The number of nitrogens with one attached hydrogen (secondary N) is 1. The van der Waals surface area contributed by atoms with Crippen molar-refractivity contribution in [3.63, 3.8) is 0 Å². The lowest BCUT2D eigenvalue weighted by Crippen LogP contribution is -2.12. The average molecular weight is 471 g/mol. The number of rotatable bonds is 6.